The number of carbonyl (C=O) groups excluding carboxylic acids is 1. The van der Waals surface area contributed by atoms with Crippen LogP contribution in [0.5, 0.6) is 0 Å². The quantitative estimate of drug-likeness (QED) is 0.546. The van der Waals surface area contributed by atoms with Crippen LogP contribution in [0.1, 0.15) is 23.1 Å². The van der Waals surface area contributed by atoms with Crippen molar-refractivity contribution in [1.29, 1.82) is 0 Å². The van der Waals surface area contributed by atoms with E-state index in [1.54, 1.807) is 10.6 Å². The van der Waals surface area contributed by atoms with E-state index in [2.05, 4.69) is 4.74 Å². The smallest absolute Gasteiger partial charge is 0.403 e. The molecular weight excluding hydrogens is 194 g/mol. The summed E-state index contributed by atoms with van der Waals surface area (Å²) in [5.74, 6) is -0.337. The first-order valence-corrected chi connectivity index (χ1v) is 4.84. The highest BCUT2D eigenvalue weighted by molar-refractivity contribution is 5.85. The summed E-state index contributed by atoms with van der Waals surface area (Å²) in [6, 6.07) is 5.46. The number of aromatic nitrogens is 1. The van der Waals surface area contributed by atoms with Crippen molar-refractivity contribution < 1.29 is 18.8 Å². The van der Waals surface area contributed by atoms with Gasteiger partial charge in [-0.2, -0.15) is 4.57 Å². The molecule has 4 heteroatoms. The number of methoxy groups -OCH3 is 1. The molecule has 0 aliphatic heterocycles. The molecular formula is C11H16NO3+. The molecule has 0 amide bonds. The third-order valence-corrected chi connectivity index (χ3v) is 2.18. The second kappa shape index (κ2) is 5.46. The maximum atomic E-state index is 11.4. The summed E-state index contributed by atoms with van der Waals surface area (Å²) in [5.41, 5.74) is 1.47. The molecule has 0 fully saturated rings. The Hall–Kier alpha value is -1.42. The normalized spacial score (nSPS) is 10.1. The second-order valence-corrected chi connectivity index (χ2v) is 3.09. The molecule has 0 aliphatic rings. The lowest BCUT2D eigenvalue weighted by atomic mass is 10.3. The Morgan fingerprint density at radius 1 is 1.47 bits per heavy atom. The fourth-order valence-corrected chi connectivity index (χ4v) is 1.29. The van der Waals surface area contributed by atoms with Crippen LogP contribution < -0.4 is 4.57 Å². The van der Waals surface area contributed by atoms with Crippen molar-refractivity contribution >= 4 is 5.97 Å². The van der Waals surface area contributed by atoms with Crippen LogP contribution in [0.15, 0.2) is 18.2 Å². The number of carbonyl (C=O) groups is 1. The van der Waals surface area contributed by atoms with Gasteiger partial charge in [0.1, 0.15) is 13.7 Å². The van der Waals surface area contributed by atoms with Crippen molar-refractivity contribution in [3.8, 4) is 0 Å². The fraction of sp³-hybridized carbons (Fsp3) is 0.455. The zero-order chi connectivity index (χ0) is 11.3. The van der Waals surface area contributed by atoms with Gasteiger partial charge < -0.3 is 9.47 Å². The molecule has 15 heavy (non-hydrogen) atoms. The van der Waals surface area contributed by atoms with Gasteiger partial charge in [0.05, 0.1) is 7.11 Å². The molecule has 0 N–H and O–H groups in total. The summed E-state index contributed by atoms with van der Waals surface area (Å²) < 4.78 is 11.8. The lowest BCUT2D eigenvalue weighted by Gasteiger charge is -2.03. The third-order valence-electron chi connectivity index (χ3n) is 2.18. The highest BCUT2D eigenvalue weighted by Gasteiger charge is 2.19. The fourth-order valence-electron chi connectivity index (χ4n) is 1.29. The molecule has 1 aromatic heterocycles. The molecule has 0 radical (unpaired) electrons. The summed E-state index contributed by atoms with van der Waals surface area (Å²) in [5, 5.41) is 0. The Labute approximate surface area is 89.4 Å². The molecule has 0 saturated heterocycles. The Bertz CT molecular complexity index is 350. The number of nitrogens with zero attached hydrogens (tertiary/aromatic N) is 1. The van der Waals surface area contributed by atoms with Crippen LogP contribution in [-0.2, 0) is 23.1 Å². The third kappa shape index (κ3) is 2.76. The second-order valence-electron chi connectivity index (χ2n) is 3.09. The van der Waals surface area contributed by atoms with E-state index in [4.69, 9.17) is 4.74 Å². The molecule has 1 heterocycles. The van der Waals surface area contributed by atoms with E-state index in [1.165, 1.54) is 7.11 Å². The van der Waals surface area contributed by atoms with Gasteiger partial charge in [0, 0.05) is 18.7 Å². The minimum atomic E-state index is -0.337. The Morgan fingerprint density at radius 2 is 2.20 bits per heavy atom. The lowest BCUT2D eigenvalue weighted by Crippen LogP contribution is -2.41. The minimum Gasteiger partial charge on any atom is -0.461 e. The predicted octanol–water partition coefficient (Wildman–Crippen LogP) is 0.834. The average molecular weight is 210 g/mol. The number of ether oxygens (including phenoxy) is 2. The summed E-state index contributed by atoms with van der Waals surface area (Å²) in [6.07, 6.45) is 0. The number of pyridine rings is 1. The van der Waals surface area contributed by atoms with Crippen LogP contribution in [-0.4, -0.2) is 19.7 Å². The highest BCUT2D eigenvalue weighted by Crippen LogP contribution is 1.99. The molecule has 4 nitrogen and oxygen atoms in total. The van der Waals surface area contributed by atoms with Crippen LogP contribution in [0.3, 0.4) is 0 Å². The Morgan fingerprint density at radius 3 is 2.80 bits per heavy atom. The van der Waals surface area contributed by atoms with Crippen molar-refractivity contribution in [1.82, 2.24) is 0 Å². The van der Waals surface area contributed by atoms with Crippen LogP contribution >= 0.6 is 0 Å². The van der Waals surface area contributed by atoms with Gasteiger partial charge in [0.25, 0.3) is 5.69 Å². The Kier molecular flexibility index (Phi) is 4.24. The summed E-state index contributed by atoms with van der Waals surface area (Å²) in [6.45, 7) is 3.09. The standard InChI is InChI=1S/C11H16NO3/c1-4-15-8-9-6-5-7-10(12(9)2)11(13)14-3/h5-7H,4,8H2,1-3H3/q+1. The van der Waals surface area contributed by atoms with Gasteiger partial charge in [0.15, 0.2) is 0 Å². The van der Waals surface area contributed by atoms with Gasteiger partial charge in [-0.3, -0.25) is 0 Å². The van der Waals surface area contributed by atoms with E-state index in [0.717, 1.165) is 5.69 Å². The van der Waals surface area contributed by atoms with E-state index in [0.29, 0.717) is 18.9 Å². The number of hydrogen-bond acceptors (Lipinski definition) is 3. The maximum Gasteiger partial charge on any atom is 0.403 e. The molecule has 1 aromatic rings. The van der Waals surface area contributed by atoms with Crippen LogP contribution in [0.2, 0.25) is 0 Å². The number of esters is 1. The topological polar surface area (TPSA) is 39.4 Å². The van der Waals surface area contributed by atoms with E-state index >= 15 is 0 Å². The number of hydrogen-bond donors (Lipinski definition) is 0. The van der Waals surface area contributed by atoms with Crippen LogP contribution in [0.4, 0.5) is 0 Å². The monoisotopic (exact) mass is 210 g/mol. The first-order valence-electron chi connectivity index (χ1n) is 4.84. The maximum absolute atomic E-state index is 11.4. The van der Waals surface area contributed by atoms with Crippen LogP contribution in [0.25, 0.3) is 0 Å². The molecule has 0 bridgehead atoms. The molecule has 0 saturated carbocycles. The molecule has 0 aromatic carbocycles. The van der Waals surface area contributed by atoms with Gasteiger partial charge in [-0.1, -0.05) is 0 Å². The van der Waals surface area contributed by atoms with Crippen molar-refractivity contribution in [3.63, 3.8) is 0 Å². The van der Waals surface area contributed by atoms with E-state index in [-0.39, 0.29) is 5.97 Å². The molecule has 82 valence electrons. The van der Waals surface area contributed by atoms with Gasteiger partial charge in [-0.15, -0.1) is 0 Å². The van der Waals surface area contributed by atoms with Crippen LogP contribution in [0, 0.1) is 0 Å². The van der Waals surface area contributed by atoms with Crippen molar-refractivity contribution in [2.24, 2.45) is 7.05 Å². The molecule has 0 aliphatic carbocycles. The first kappa shape index (κ1) is 11.7. The van der Waals surface area contributed by atoms with E-state index in [1.807, 2.05) is 26.1 Å². The van der Waals surface area contributed by atoms with E-state index in [9.17, 15) is 4.79 Å². The van der Waals surface area contributed by atoms with Gasteiger partial charge in [-0.05, 0) is 13.0 Å². The number of rotatable bonds is 4. The molecule has 0 spiro atoms. The summed E-state index contributed by atoms with van der Waals surface area (Å²) >= 11 is 0. The summed E-state index contributed by atoms with van der Waals surface area (Å²) in [7, 11) is 3.19. The largest absolute Gasteiger partial charge is 0.461 e. The molecule has 0 atom stereocenters. The van der Waals surface area contributed by atoms with Gasteiger partial charge in [-0.25, -0.2) is 4.79 Å². The summed E-state index contributed by atoms with van der Waals surface area (Å²) in [4.78, 5) is 11.4. The minimum absolute atomic E-state index is 0.337. The van der Waals surface area contributed by atoms with E-state index < -0.39 is 0 Å². The molecule has 1 rings (SSSR count). The van der Waals surface area contributed by atoms with Gasteiger partial charge in [0.2, 0.25) is 5.69 Å². The lowest BCUT2D eigenvalue weighted by molar-refractivity contribution is -0.683. The Balaban J connectivity index is 2.95. The zero-order valence-electron chi connectivity index (χ0n) is 9.32. The molecule has 0 unspecified atom stereocenters. The predicted molar refractivity (Wildman–Crippen MR) is 54.3 cm³/mol. The van der Waals surface area contributed by atoms with Gasteiger partial charge >= 0.3 is 5.97 Å². The zero-order valence-corrected chi connectivity index (χ0v) is 9.32. The van der Waals surface area contributed by atoms with Crippen molar-refractivity contribution in [3.05, 3.63) is 29.6 Å². The SMILES string of the molecule is CCOCc1cccc(C(=O)OC)[n+]1C. The van der Waals surface area contributed by atoms with Crippen molar-refractivity contribution in [2.45, 2.75) is 13.5 Å². The first-order chi connectivity index (χ1) is 7.20. The average Bonchev–Trinajstić information content (AvgIpc) is 2.27. The highest BCUT2D eigenvalue weighted by atomic mass is 16.5. The van der Waals surface area contributed by atoms with Crippen molar-refractivity contribution in [2.75, 3.05) is 13.7 Å².